The fraction of sp³-hybridized carbons (Fsp3) is 0.105. The van der Waals surface area contributed by atoms with Crippen molar-refractivity contribution in [1.29, 1.82) is 0 Å². The molecule has 0 N–H and O–H groups in total. The van der Waals surface area contributed by atoms with Gasteiger partial charge < -0.3 is 4.74 Å². The van der Waals surface area contributed by atoms with Crippen LogP contribution in [0.25, 0.3) is 21.4 Å². The molecule has 0 spiro atoms. The third-order valence-corrected chi connectivity index (χ3v) is 5.61. The lowest BCUT2D eigenvalue weighted by Crippen LogP contribution is -2.06. The molecular weight excluding hydrogens is 437 g/mol. The van der Waals surface area contributed by atoms with Crippen molar-refractivity contribution in [2.45, 2.75) is 12.8 Å². The molecule has 3 heterocycles. The molecule has 0 aliphatic heterocycles. The number of halogens is 3. The summed E-state index contributed by atoms with van der Waals surface area (Å²) < 4.78 is 43.2. The molecule has 0 fully saturated rings. The maximum absolute atomic E-state index is 12.7. The van der Waals surface area contributed by atoms with Gasteiger partial charge >= 0.3 is 12.1 Å². The topological polar surface area (TPSA) is 77.9 Å². The van der Waals surface area contributed by atoms with Gasteiger partial charge in [-0.05, 0) is 18.2 Å². The van der Waals surface area contributed by atoms with Crippen molar-refractivity contribution in [2.24, 2.45) is 0 Å². The first-order chi connectivity index (χ1) is 14.4. The van der Waals surface area contributed by atoms with Crippen LogP contribution in [-0.2, 0) is 17.5 Å². The molecule has 0 saturated heterocycles. The van der Waals surface area contributed by atoms with Gasteiger partial charge in [0.25, 0.3) is 0 Å². The minimum atomic E-state index is -4.39. The molecule has 0 aliphatic rings. The monoisotopic (exact) mass is 448 g/mol. The maximum atomic E-state index is 12.7. The molecule has 11 heteroatoms. The second kappa shape index (κ2) is 8.28. The summed E-state index contributed by atoms with van der Waals surface area (Å²) in [6.45, 7) is -0.0787. The first-order valence-electron chi connectivity index (χ1n) is 8.42. The van der Waals surface area contributed by atoms with E-state index in [0.717, 1.165) is 12.1 Å². The summed E-state index contributed by atoms with van der Waals surface area (Å²) in [5, 5.41) is 4.28. The van der Waals surface area contributed by atoms with E-state index in [1.54, 1.807) is 29.2 Å². The summed E-state index contributed by atoms with van der Waals surface area (Å²) in [6, 6.07) is 6.41. The van der Waals surface area contributed by atoms with Gasteiger partial charge in [-0.1, -0.05) is 12.1 Å². The molecule has 0 bridgehead atoms. The lowest BCUT2D eigenvalue weighted by atomic mass is 10.1. The smallest absolute Gasteiger partial charge is 0.416 e. The number of ether oxygens (including phenoxy) is 1. The Morgan fingerprint density at radius 2 is 1.67 bits per heavy atom. The number of nitrogens with zero attached hydrogens (tertiary/aromatic N) is 4. The van der Waals surface area contributed by atoms with Gasteiger partial charge in [-0.15, -0.1) is 22.7 Å². The Morgan fingerprint density at radius 1 is 0.967 bits per heavy atom. The second-order valence-corrected chi connectivity index (χ2v) is 7.62. The fourth-order valence-corrected chi connectivity index (χ4v) is 3.95. The van der Waals surface area contributed by atoms with E-state index in [0.29, 0.717) is 27.1 Å². The van der Waals surface area contributed by atoms with Gasteiger partial charge in [0.05, 0.1) is 11.3 Å². The summed E-state index contributed by atoms with van der Waals surface area (Å²) in [6.07, 6.45) is -1.22. The summed E-state index contributed by atoms with van der Waals surface area (Å²) in [7, 11) is 0. The van der Waals surface area contributed by atoms with Gasteiger partial charge in [0, 0.05) is 28.7 Å². The average molecular weight is 448 g/mol. The zero-order valence-electron chi connectivity index (χ0n) is 15.0. The largest absolute Gasteiger partial charge is 0.454 e. The van der Waals surface area contributed by atoms with Crippen LogP contribution < -0.4 is 0 Å². The van der Waals surface area contributed by atoms with Crippen LogP contribution >= 0.6 is 22.7 Å². The van der Waals surface area contributed by atoms with Gasteiger partial charge in [0.1, 0.15) is 11.6 Å². The Kier molecular flexibility index (Phi) is 5.55. The number of benzene rings is 1. The number of hydrogen-bond acceptors (Lipinski definition) is 8. The third kappa shape index (κ3) is 4.52. The molecule has 4 rings (SSSR count). The first-order valence-corrected chi connectivity index (χ1v) is 10.2. The number of aromatic nitrogens is 4. The van der Waals surface area contributed by atoms with Crippen LogP contribution in [0, 0.1) is 0 Å². The first kappa shape index (κ1) is 20.1. The van der Waals surface area contributed by atoms with Crippen molar-refractivity contribution in [1.82, 2.24) is 19.9 Å². The van der Waals surface area contributed by atoms with Crippen LogP contribution in [-0.4, -0.2) is 25.9 Å². The molecular formula is C19H11F3N4O2S2. The van der Waals surface area contributed by atoms with Gasteiger partial charge in [0.15, 0.2) is 16.5 Å². The third-order valence-electron chi connectivity index (χ3n) is 3.83. The zero-order valence-corrected chi connectivity index (χ0v) is 16.6. The van der Waals surface area contributed by atoms with Crippen LogP contribution in [0.5, 0.6) is 0 Å². The Balaban J connectivity index is 1.39. The van der Waals surface area contributed by atoms with Crippen molar-refractivity contribution in [3.8, 4) is 21.4 Å². The summed E-state index contributed by atoms with van der Waals surface area (Å²) in [5.41, 5.74) is 0.462. The van der Waals surface area contributed by atoms with E-state index in [2.05, 4.69) is 19.9 Å². The van der Waals surface area contributed by atoms with Crippen LogP contribution in [0.15, 0.2) is 53.5 Å². The van der Waals surface area contributed by atoms with Gasteiger partial charge in [-0.2, -0.15) is 13.2 Å². The van der Waals surface area contributed by atoms with E-state index in [9.17, 15) is 18.0 Å². The van der Waals surface area contributed by atoms with E-state index >= 15 is 0 Å². The second-order valence-electron chi connectivity index (χ2n) is 5.91. The molecule has 4 aromatic rings. The van der Waals surface area contributed by atoms with Crippen molar-refractivity contribution in [2.75, 3.05) is 0 Å². The highest BCUT2D eigenvalue weighted by molar-refractivity contribution is 7.13. The number of alkyl halides is 3. The number of carbonyl (C=O) groups excluding carboxylic acids is 1. The molecule has 0 atom stereocenters. The van der Waals surface area contributed by atoms with E-state index < -0.39 is 17.7 Å². The molecule has 6 nitrogen and oxygen atoms in total. The Bertz CT molecular complexity index is 1160. The van der Waals surface area contributed by atoms with Gasteiger partial charge in [0.2, 0.25) is 0 Å². The number of hydrogen-bond donors (Lipinski definition) is 0. The quantitative estimate of drug-likeness (QED) is 0.396. The number of esters is 1. The molecule has 0 unspecified atom stereocenters. The number of thiazole rings is 2. The number of carbonyl (C=O) groups is 1. The minimum absolute atomic E-state index is 0.0787. The minimum Gasteiger partial charge on any atom is -0.454 e. The van der Waals surface area contributed by atoms with Gasteiger partial charge in [-0.25, -0.2) is 24.7 Å². The molecule has 0 aliphatic carbocycles. The van der Waals surface area contributed by atoms with E-state index in [4.69, 9.17) is 4.74 Å². The highest BCUT2D eigenvalue weighted by Gasteiger charge is 2.30. The number of rotatable bonds is 5. The van der Waals surface area contributed by atoms with Crippen molar-refractivity contribution >= 4 is 28.6 Å². The Labute approximate surface area is 176 Å². The summed E-state index contributed by atoms with van der Waals surface area (Å²) in [4.78, 5) is 28.9. The maximum Gasteiger partial charge on any atom is 0.416 e. The lowest BCUT2D eigenvalue weighted by Gasteiger charge is -2.06. The molecule has 0 radical (unpaired) electrons. The SMILES string of the molecule is O=C(OCc1csc(-c2ccc(C(F)(F)F)cc2)n1)c1csc(-c2ncccn2)n1. The lowest BCUT2D eigenvalue weighted by molar-refractivity contribution is -0.137. The van der Waals surface area contributed by atoms with E-state index in [1.165, 1.54) is 34.8 Å². The molecule has 0 saturated carbocycles. The molecule has 152 valence electrons. The van der Waals surface area contributed by atoms with Crippen LogP contribution in [0.2, 0.25) is 0 Å². The van der Waals surface area contributed by atoms with Crippen molar-refractivity contribution < 1.29 is 22.7 Å². The Hall–Kier alpha value is -3.18. The normalized spacial score (nSPS) is 11.4. The molecule has 3 aromatic heterocycles. The predicted octanol–water partition coefficient (Wildman–Crippen LogP) is 5.10. The van der Waals surface area contributed by atoms with Crippen LogP contribution in [0.4, 0.5) is 13.2 Å². The fourth-order valence-electron chi connectivity index (χ4n) is 2.40. The molecule has 30 heavy (non-hydrogen) atoms. The van der Waals surface area contributed by atoms with Crippen molar-refractivity contribution in [3.05, 3.63) is 70.4 Å². The Morgan fingerprint density at radius 3 is 2.37 bits per heavy atom. The van der Waals surface area contributed by atoms with Gasteiger partial charge in [-0.3, -0.25) is 0 Å². The van der Waals surface area contributed by atoms with Crippen molar-refractivity contribution in [3.63, 3.8) is 0 Å². The predicted molar refractivity (Wildman–Crippen MR) is 105 cm³/mol. The zero-order chi connectivity index (χ0) is 21.1. The summed E-state index contributed by atoms with van der Waals surface area (Å²) >= 11 is 2.48. The van der Waals surface area contributed by atoms with E-state index in [-0.39, 0.29) is 12.3 Å². The standard InChI is InChI=1S/C19H11F3N4O2S2/c20-19(21,22)12-4-2-11(3-5-12)16-25-13(9-29-16)8-28-18(27)14-10-30-17(26-14)15-23-6-1-7-24-15/h1-7,9-10H,8H2. The average Bonchev–Trinajstić information content (AvgIpc) is 3.42. The highest BCUT2D eigenvalue weighted by atomic mass is 32.1. The molecule has 1 aromatic carbocycles. The van der Waals surface area contributed by atoms with Crippen LogP contribution in [0.3, 0.4) is 0 Å². The highest BCUT2D eigenvalue weighted by Crippen LogP contribution is 2.32. The molecule has 0 amide bonds. The van der Waals surface area contributed by atoms with Crippen LogP contribution in [0.1, 0.15) is 21.7 Å². The van der Waals surface area contributed by atoms with E-state index in [1.807, 2.05) is 0 Å². The summed E-state index contributed by atoms with van der Waals surface area (Å²) in [5.74, 6) is -0.195.